The molecule has 3 aromatic heterocycles. The van der Waals surface area contributed by atoms with Crippen molar-refractivity contribution < 1.29 is 14.3 Å². The van der Waals surface area contributed by atoms with Gasteiger partial charge in [-0.25, -0.2) is 19.3 Å². The largest absolute Gasteiger partial charge is 0.481 e. The summed E-state index contributed by atoms with van der Waals surface area (Å²) in [5.41, 5.74) is 2.21. The lowest BCUT2D eigenvalue weighted by atomic mass is 9.61. The number of nitrogens with zero attached hydrogens (tertiary/aromatic N) is 4. The average molecular weight is 446 g/mol. The Morgan fingerprint density at radius 1 is 1.21 bits per heavy atom. The maximum Gasteiger partial charge on any atom is 0.308 e. The molecule has 3 aromatic rings. The number of nitriles is 1. The number of aliphatic carboxylic acids is 1. The molecule has 0 saturated heterocycles. The van der Waals surface area contributed by atoms with E-state index in [4.69, 9.17) is 0 Å². The van der Waals surface area contributed by atoms with Gasteiger partial charge in [0.2, 0.25) is 0 Å². The van der Waals surface area contributed by atoms with Gasteiger partial charge < -0.3 is 15.4 Å². The third-order valence-corrected chi connectivity index (χ3v) is 7.69. The Bertz CT molecular complexity index is 1300. The number of hydrogen-bond acceptors (Lipinski definition) is 6. The summed E-state index contributed by atoms with van der Waals surface area (Å²) in [6, 6.07) is 1.81. The molecule has 8 nitrogen and oxygen atoms in total. The molecule has 4 aliphatic carbocycles. The lowest BCUT2D eigenvalue weighted by Gasteiger charge is -2.47. The molecule has 0 spiro atoms. The van der Waals surface area contributed by atoms with Crippen LogP contribution in [-0.2, 0) is 4.79 Å². The number of aromatic amines is 1. The van der Waals surface area contributed by atoms with Crippen LogP contribution in [0.1, 0.15) is 55.6 Å². The third-order valence-electron chi connectivity index (χ3n) is 7.69. The predicted octanol–water partition coefficient (Wildman–Crippen LogP) is 4.21. The standard InChI is InChI=1S/C24H23FN6O2/c25-19-17(11-1-2-11)14(7-26)21(15-9-28-22-16(15)8-27-10-29-22)31-23(19)30-20-13-5-3-12(4-6-13)18(20)24(32)33/h8-13,18,20H,1-6H2,(H,30,31)(H,32,33)(H,27,28,29)/t12?,13?,18-,20?/m1/s1. The van der Waals surface area contributed by atoms with Gasteiger partial charge in [0.05, 0.1) is 17.2 Å². The molecule has 0 aromatic carbocycles. The molecule has 1 unspecified atom stereocenters. The SMILES string of the molecule is N#Cc1c(-c2c[nH]c3ncncc23)nc(NC2C3CCC(CC3)[C@H]2C(=O)O)c(F)c1C1CC1. The first-order valence-electron chi connectivity index (χ1n) is 11.5. The molecule has 0 amide bonds. The number of fused-ring (bicyclic) bond motifs is 4. The first-order valence-corrected chi connectivity index (χ1v) is 11.5. The van der Waals surface area contributed by atoms with E-state index >= 15 is 4.39 Å². The molecule has 4 saturated carbocycles. The summed E-state index contributed by atoms with van der Waals surface area (Å²) in [6.45, 7) is 0. The number of H-pyrrole nitrogens is 1. The zero-order valence-corrected chi connectivity index (χ0v) is 17.9. The molecule has 2 atom stereocenters. The Morgan fingerprint density at radius 2 is 1.97 bits per heavy atom. The van der Waals surface area contributed by atoms with Gasteiger partial charge in [-0.3, -0.25) is 4.79 Å². The van der Waals surface area contributed by atoms with Crippen LogP contribution in [0.25, 0.3) is 22.3 Å². The average Bonchev–Trinajstić information content (AvgIpc) is 3.58. The Labute approximate surface area is 189 Å². The summed E-state index contributed by atoms with van der Waals surface area (Å²) in [4.78, 5) is 28.1. The number of halogens is 1. The van der Waals surface area contributed by atoms with Crippen LogP contribution in [0.2, 0.25) is 0 Å². The van der Waals surface area contributed by atoms with Crippen molar-refractivity contribution in [1.82, 2.24) is 19.9 Å². The van der Waals surface area contributed by atoms with Gasteiger partial charge in [0.15, 0.2) is 11.6 Å². The minimum absolute atomic E-state index is 0.0264. The summed E-state index contributed by atoms with van der Waals surface area (Å²) >= 11 is 0. The van der Waals surface area contributed by atoms with E-state index in [-0.39, 0.29) is 35.2 Å². The molecular weight excluding hydrogens is 423 g/mol. The predicted molar refractivity (Wildman–Crippen MR) is 118 cm³/mol. The molecule has 0 aliphatic heterocycles. The zero-order valence-electron chi connectivity index (χ0n) is 17.9. The van der Waals surface area contributed by atoms with Crippen LogP contribution in [0.5, 0.6) is 0 Å². The van der Waals surface area contributed by atoms with Crippen LogP contribution >= 0.6 is 0 Å². The zero-order chi connectivity index (χ0) is 22.7. The van der Waals surface area contributed by atoms with E-state index in [0.717, 1.165) is 38.5 Å². The van der Waals surface area contributed by atoms with Crippen molar-refractivity contribution in [1.29, 1.82) is 5.26 Å². The van der Waals surface area contributed by atoms with Crippen molar-refractivity contribution in [2.75, 3.05) is 5.32 Å². The molecule has 4 aliphatic rings. The van der Waals surface area contributed by atoms with Crippen molar-refractivity contribution in [3.05, 3.63) is 35.7 Å². The second kappa shape index (κ2) is 7.51. The maximum atomic E-state index is 15.8. The monoisotopic (exact) mass is 446 g/mol. The van der Waals surface area contributed by atoms with Crippen LogP contribution in [0.3, 0.4) is 0 Å². The number of pyridine rings is 1. The van der Waals surface area contributed by atoms with Crippen molar-refractivity contribution in [3.63, 3.8) is 0 Å². The minimum atomic E-state index is -0.840. The van der Waals surface area contributed by atoms with Crippen molar-refractivity contribution in [2.24, 2.45) is 17.8 Å². The molecule has 2 bridgehead atoms. The fourth-order valence-electron chi connectivity index (χ4n) is 5.97. The number of carboxylic acid groups (broad SMARTS) is 1. The normalized spacial score (nSPS) is 26.3. The number of rotatable bonds is 5. The maximum absolute atomic E-state index is 15.8. The number of aromatic nitrogens is 4. The second-order valence-electron chi connectivity index (χ2n) is 9.49. The minimum Gasteiger partial charge on any atom is -0.481 e. The van der Waals surface area contributed by atoms with E-state index < -0.39 is 17.7 Å². The van der Waals surface area contributed by atoms with Crippen LogP contribution < -0.4 is 5.32 Å². The van der Waals surface area contributed by atoms with Crippen LogP contribution in [0, 0.1) is 34.9 Å². The van der Waals surface area contributed by atoms with E-state index in [1.165, 1.54) is 6.33 Å². The first kappa shape index (κ1) is 20.1. The molecule has 33 heavy (non-hydrogen) atoms. The summed E-state index contributed by atoms with van der Waals surface area (Å²) in [6.07, 6.45) is 10.1. The Hall–Kier alpha value is -3.54. The number of hydrogen-bond donors (Lipinski definition) is 3. The molecule has 168 valence electrons. The number of carboxylic acids is 1. The quantitative estimate of drug-likeness (QED) is 0.536. The van der Waals surface area contributed by atoms with Gasteiger partial charge in [0.1, 0.15) is 18.0 Å². The highest BCUT2D eigenvalue weighted by atomic mass is 19.1. The van der Waals surface area contributed by atoms with Crippen molar-refractivity contribution in [2.45, 2.75) is 50.5 Å². The summed E-state index contributed by atoms with van der Waals surface area (Å²) < 4.78 is 15.8. The van der Waals surface area contributed by atoms with E-state index in [0.29, 0.717) is 27.9 Å². The van der Waals surface area contributed by atoms with Crippen molar-refractivity contribution in [3.8, 4) is 17.3 Å². The molecular formula is C24H23FN6O2. The fraction of sp³-hybridized carbons (Fsp3) is 0.458. The Balaban J connectivity index is 1.50. The fourth-order valence-corrected chi connectivity index (χ4v) is 5.97. The summed E-state index contributed by atoms with van der Waals surface area (Å²) in [7, 11) is 0. The molecule has 0 radical (unpaired) electrons. The molecule has 9 heteroatoms. The van der Waals surface area contributed by atoms with Gasteiger partial charge in [-0.15, -0.1) is 0 Å². The van der Waals surface area contributed by atoms with Gasteiger partial charge in [0.25, 0.3) is 0 Å². The highest BCUT2D eigenvalue weighted by Gasteiger charge is 2.48. The Morgan fingerprint density at radius 3 is 2.67 bits per heavy atom. The van der Waals surface area contributed by atoms with E-state index in [1.807, 2.05) is 0 Å². The number of nitrogens with one attached hydrogen (secondary N) is 2. The van der Waals surface area contributed by atoms with Gasteiger partial charge in [-0.2, -0.15) is 5.26 Å². The van der Waals surface area contributed by atoms with Crippen LogP contribution in [0.15, 0.2) is 18.7 Å². The highest BCUT2D eigenvalue weighted by Crippen LogP contribution is 2.49. The second-order valence-corrected chi connectivity index (χ2v) is 9.49. The summed E-state index contributed by atoms with van der Waals surface area (Å²) in [5.74, 6) is -1.65. The van der Waals surface area contributed by atoms with Gasteiger partial charge >= 0.3 is 5.97 Å². The summed E-state index contributed by atoms with van der Waals surface area (Å²) in [5, 5.41) is 23.8. The topological polar surface area (TPSA) is 128 Å². The molecule has 7 rings (SSSR count). The molecule has 3 N–H and O–H groups in total. The first-order chi connectivity index (χ1) is 16.1. The van der Waals surface area contributed by atoms with Crippen LogP contribution in [0.4, 0.5) is 10.2 Å². The van der Waals surface area contributed by atoms with Gasteiger partial charge in [-0.05, 0) is 56.3 Å². The lowest BCUT2D eigenvalue weighted by Crippen LogP contribution is -2.51. The number of anilines is 1. The lowest BCUT2D eigenvalue weighted by molar-refractivity contribution is -0.148. The van der Waals surface area contributed by atoms with E-state index in [9.17, 15) is 15.2 Å². The van der Waals surface area contributed by atoms with Crippen molar-refractivity contribution >= 4 is 22.8 Å². The van der Waals surface area contributed by atoms with E-state index in [2.05, 4.69) is 31.3 Å². The Kier molecular flexibility index (Phi) is 4.57. The van der Waals surface area contributed by atoms with Gasteiger partial charge in [-0.1, -0.05) is 0 Å². The third kappa shape index (κ3) is 3.16. The van der Waals surface area contributed by atoms with E-state index in [1.54, 1.807) is 12.4 Å². The smallest absolute Gasteiger partial charge is 0.308 e. The number of carbonyl (C=O) groups is 1. The molecule has 3 heterocycles. The van der Waals surface area contributed by atoms with Gasteiger partial charge in [0, 0.05) is 34.9 Å². The van der Waals surface area contributed by atoms with Crippen LogP contribution in [-0.4, -0.2) is 37.1 Å². The molecule has 4 fully saturated rings. The highest BCUT2D eigenvalue weighted by molar-refractivity contribution is 5.94.